The number of hydrogen-bond donors (Lipinski definition) is 3. The fraction of sp³-hybridized carbons (Fsp3) is 0.381. The van der Waals surface area contributed by atoms with Gasteiger partial charge in [-0.05, 0) is 31.5 Å². The van der Waals surface area contributed by atoms with Crippen molar-refractivity contribution in [2.45, 2.75) is 52.4 Å². The van der Waals surface area contributed by atoms with Crippen molar-refractivity contribution in [3.8, 4) is 0 Å². The number of nitrogens with zero attached hydrogens (tertiary/aromatic N) is 3. The minimum atomic E-state index is -0.383. The Balaban J connectivity index is 0.000000343. The van der Waals surface area contributed by atoms with Crippen molar-refractivity contribution in [2.75, 3.05) is 10.6 Å². The van der Waals surface area contributed by atoms with E-state index in [0.29, 0.717) is 22.3 Å². The quantitative estimate of drug-likeness (QED) is 0.456. The lowest BCUT2D eigenvalue weighted by Gasteiger charge is -2.09. The van der Waals surface area contributed by atoms with Crippen LogP contribution in [0.15, 0.2) is 30.5 Å². The monoisotopic (exact) mass is 416 g/mol. The first-order chi connectivity index (χ1) is 14.0. The van der Waals surface area contributed by atoms with Crippen LogP contribution in [0.4, 0.5) is 27.7 Å². The van der Waals surface area contributed by atoms with Crippen molar-refractivity contribution >= 4 is 34.9 Å². The molecule has 0 spiro atoms. The molecule has 0 atom stereocenters. The van der Waals surface area contributed by atoms with Crippen molar-refractivity contribution in [1.29, 1.82) is 0 Å². The van der Waals surface area contributed by atoms with Crippen LogP contribution in [0.2, 0.25) is 5.02 Å². The van der Waals surface area contributed by atoms with E-state index in [1.807, 2.05) is 19.9 Å². The number of nitrogens with one attached hydrogen (secondary N) is 3. The highest BCUT2D eigenvalue weighted by atomic mass is 35.5. The number of halogens is 2. The van der Waals surface area contributed by atoms with E-state index in [9.17, 15) is 4.39 Å². The molecule has 2 aromatic heterocycles. The van der Waals surface area contributed by atoms with E-state index in [0.717, 1.165) is 11.3 Å². The first kappa shape index (κ1) is 21.0. The van der Waals surface area contributed by atoms with Gasteiger partial charge in [0.2, 0.25) is 5.95 Å². The number of aromatic nitrogens is 4. The normalized spacial score (nSPS) is 13.4. The van der Waals surface area contributed by atoms with Gasteiger partial charge in [-0.2, -0.15) is 10.1 Å². The topological polar surface area (TPSA) is 78.5 Å². The molecule has 1 saturated carbocycles. The van der Waals surface area contributed by atoms with Crippen molar-refractivity contribution < 1.29 is 4.39 Å². The maximum atomic E-state index is 13.8. The van der Waals surface area contributed by atoms with Gasteiger partial charge in [0.05, 0.1) is 11.9 Å². The van der Waals surface area contributed by atoms with Gasteiger partial charge in [-0.1, -0.05) is 56.2 Å². The van der Waals surface area contributed by atoms with Gasteiger partial charge < -0.3 is 10.6 Å². The molecule has 1 aliphatic rings. The lowest BCUT2D eigenvalue weighted by atomic mass is 10.0. The maximum Gasteiger partial charge on any atom is 0.229 e. The molecule has 29 heavy (non-hydrogen) atoms. The van der Waals surface area contributed by atoms with Crippen LogP contribution in [0.1, 0.15) is 49.8 Å². The summed E-state index contributed by atoms with van der Waals surface area (Å²) < 4.78 is 13.8. The molecule has 1 aliphatic carbocycles. The second-order valence-electron chi connectivity index (χ2n) is 7.18. The molecule has 1 fully saturated rings. The summed E-state index contributed by atoms with van der Waals surface area (Å²) in [5, 5.41) is 13.0. The number of anilines is 4. The Morgan fingerprint density at radius 1 is 1.00 bits per heavy atom. The molecule has 8 heteroatoms. The van der Waals surface area contributed by atoms with Gasteiger partial charge in [0.25, 0.3) is 0 Å². The van der Waals surface area contributed by atoms with Crippen LogP contribution < -0.4 is 10.6 Å². The second-order valence-corrected chi connectivity index (χ2v) is 7.59. The van der Waals surface area contributed by atoms with E-state index in [1.165, 1.54) is 50.8 Å². The average Bonchev–Trinajstić information content (AvgIpc) is 3.14. The van der Waals surface area contributed by atoms with E-state index >= 15 is 0 Å². The molecule has 6 nitrogen and oxygen atoms in total. The molecule has 0 amide bonds. The van der Waals surface area contributed by atoms with Crippen LogP contribution in [0, 0.1) is 19.7 Å². The summed E-state index contributed by atoms with van der Waals surface area (Å²) in [4.78, 5) is 8.32. The predicted molar refractivity (Wildman–Crippen MR) is 116 cm³/mol. The molecule has 3 N–H and O–H groups in total. The highest BCUT2D eigenvalue weighted by Crippen LogP contribution is 2.25. The number of rotatable bonds is 4. The highest BCUT2D eigenvalue weighted by Gasteiger charge is 2.10. The molecule has 3 aromatic rings. The Hall–Kier alpha value is -2.67. The SMILES string of the molecule is C1CCCCC1.Cc1ccc(F)c(Nc2ncc(Cl)c(Nc3cc(C)[nH]n3)n2)c1. The number of hydrogen-bond acceptors (Lipinski definition) is 5. The summed E-state index contributed by atoms with van der Waals surface area (Å²) in [5.74, 6) is 0.805. The first-order valence-corrected chi connectivity index (χ1v) is 10.2. The smallest absolute Gasteiger partial charge is 0.229 e. The summed E-state index contributed by atoms with van der Waals surface area (Å²) in [5.41, 5.74) is 2.12. The van der Waals surface area contributed by atoms with Gasteiger partial charge in [0.1, 0.15) is 10.8 Å². The van der Waals surface area contributed by atoms with Gasteiger partial charge in [-0.3, -0.25) is 5.10 Å². The van der Waals surface area contributed by atoms with Gasteiger partial charge in [0, 0.05) is 11.8 Å². The molecule has 4 rings (SSSR count). The predicted octanol–water partition coefficient (Wildman–Crippen LogP) is 6.44. The largest absolute Gasteiger partial charge is 0.322 e. The fourth-order valence-corrected chi connectivity index (χ4v) is 3.17. The molecule has 0 bridgehead atoms. The Bertz CT molecular complexity index is 927. The second kappa shape index (κ2) is 10.2. The molecule has 0 saturated heterocycles. The maximum absolute atomic E-state index is 13.8. The van der Waals surface area contributed by atoms with Crippen LogP contribution in [0.3, 0.4) is 0 Å². The van der Waals surface area contributed by atoms with E-state index in [4.69, 9.17) is 11.6 Å². The average molecular weight is 417 g/mol. The van der Waals surface area contributed by atoms with Gasteiger partial charge >= 0.3 is 0 Å². The molecule has 0 aliphatic heterocycles. The third-order valence-corrected chi connectivity index (χ3v) is 4.84. The standard InChI is InChI=1S/C15H14ClFN6.C6H12/c1-8-3-4-11(17)12(5-8)19-15-18-7-10(16)14(21-15)20-13-6-9(2)22-23-13;1-2-4-6-5-3-1/h3-7H,1-2H3,(H3,18,19,20,21,22,23);1-6H2. The van der Waals surface area contributed by atoms with Gasteiger partial charge in [0.15, 0.2) is 11.6 Å². The Morgan fingerprint density at radius 3 is 2.31 bits per heavy atom. The zero-order chi connectivity index (χ0) is 20.6. The Morgan fingerprint density at radius 2 is 1.69 bits per heavy atom. The Kier molecular flexibility index (Phi) is 7.41. The van der Waals surface area contributed by atoms with Crippen LogP contribution >= 0.6 is 11.6 Å². The lowest BCUT2D eigenvalue weighted by Crippen LogP contribution is -2.03. The number of aryl methyl sites for hydroxylation is 2. The minimum Gasteiger partial charge on any atom is -0.322 e. The summed E-state index contributed by atoms with van der Waals surface area (Å²) >= 11 is 6.09. The number of H-pyrrole nitrogens is 1. The first-order valence-electron chi connectivity index (χ1n) is 9.86. The van der Waals surface area contributed by atoms with Gasteiger partial charge in [-0.25, -0.2) is 9.37 Å². The van der Waals surface area contributed by atoms with Crippen molar-refractivity contribution in [1.82, 2.24) is 20.2 Å². The lowest BCUT2D eigenvalue weighted by molar-refractivity contribution is 0.504. The molecule has 0 radical (unpaired) electrons. The van der Waals surface area contributed by atoms with Crippen molar-refractivity contribution in [3.63, 3.8) is 0 Å². The van der Waals surface area contributed by atoms with Crippen LogP contribution in [-0.4, -0.2) is 20.2 Å². The summed E-state index contributed by atoms with van der Waals surface area (Å²) in [6, 6.07) is 6.57. The summed E-state index contributed by atoms with van der Waals surface area (Å²) in [6.07, 6.45) is 10.4. The van der Waals surface area contributed by atoms with Crippen LogP contribution in [0.5, 0.6) is 0 Å². The minimum absolute atomic E-state index is 0.230. The van der Waals surface area contributed by atoms with Gasteiger partial charge in [-0.15, -0.1) is 0 Å². The third kappa shape index (κ3) is 6.42. The van der Waals surface area contributed by atoms with Crippen molar-refractivity contribution in [2.24, 2.45) is 0 Å². The zero-order valence-electron chi connectivity index (χ0n) is 16.7. The number of aromatic amines is 1. The zero-order valence-corrected chi connectivity index (χ0v) is 17.5. The molecule has 154 valence electrons. The Labute approximate surface area is 175 Å². The molecular formula is C21H26ClFN6. The van der Waals surface area contributed by atoms with E-state index in [2.05, 4.69) is 30.8 Å². The van der Waals surface area contributed by atoms with E-state index in [-0.39, 0.29) is 11.8 Å². The van der Waals surface area contributed by atoms with Crippen LogP contribution in [-0.2, 0) is 0 Å². The highest BCUT2D eigenvalue weighted by molar-refractivity contribution is 6.32. The molecule has 2 heterocycles. The third-order valence-electron chi connectivity index (χ3n) is 4.56. The van der Waals surface area contributed by atoms with E-state index in [1.54, 1.807) is 12.1 Å². The fourth-order valence-electron chi connectivity index (χ4n) is 3.03. The number of benzene rings is 1. The van der Waals surface area contributed by atoms with Crippen LogP contribution in [0.25, 0.3) is 0 Å². The molecular weight excluding hydrogens is 391 g/mol. The van der Waals surface area contributed by atoms with Crippen molar-refractivity contribution in [3.05, 3.63) is 52.6 Å². The van der Waals surface area contributed by atoms with E-state index < -0.39 is 0 Å². The summed E-state index contributed by atoms with van der Waals surface area (Å²) in [7, 11) is 0. The summed E-state index contributed by atoms with van der Waals surface area (Å²) in [6.45, 7) is 3.76. The molecule has 0 unspecified atom stereocenters. The molecule has 1 aromatic carbocycles.